The van der Waals surface area contributed by atoms with Gasteiger partial charge in [-0.1, -0.05) is 67.1 Å². The van der Waals surface area contributed by atoms with Crippen LogP contribution >= 0.6 is 0 Å². The summed E-state index contributed by atoms with van der Waals surface area (Å²) in [7, 11) is 0. The molecule has 4 heteroatoms. The fraction of sp³-hybridized carbons (Fsp3) is 0.350. The van der Waals surface area contributed by atoms with Gasteiger partial charge in [-0.2, -0.15) is 0 Å². The largest absolute Gasteiger partial charge is 0.461 e. The van der Waals surface area contributed by atoms with Crippen LogP contribution in [0.5, 0.6) is 0 Å². The molecule has 24 heavy (non-hydrogen) atoms. The van der Waals surface area contributed by atoms with Crippen molar-refractivity contribution in [2.75, 3.05) is 13.2 Å². The zero-order chi connectivity index (χ0) is 16.8. The summed E-state index contributed by atoms with van der Waals surface area (Å²) >= 11 is 0. The van der Waals surface area contributed by atoms with Gasteiger partial charge in [0.15, 0.2) is 0 Å². The van der Waals surface area contributed by atoms with Crippen LogP contribution in [0.2, 0.25) is 0 Å². The molecule has 1 aliphatic heterocycles. The zero-order valence-corrected chi connectivity index (χ0v) is 13.7. The highest BCUT2D eigenvalue weighted by atomic mass is 16.5. The molecule has 126 valence electrons. The first kappa shape index (κ1) is 16.7. The predicted molar refractivity (Wildman–Crippen MR) is 92.5 cm³/mol. The number of hydrogen-bond donors (Lipinski definition) is 2. The van der Waals surface area contributed by atoms with E-state index >= 15 is 0 Å². The van der Waals surface area contributed by atoms with E-state index in [1.54, 1.807) is 48.5 Å². The molecule has 1 unspecified atom stereocenters. The molecular formula is C20H23NO3. The molecule has 4 nitrogen and oxygen atoms in total. The number of ether oxygens (including phenoxy) is 1. The van der Waals surface area contributed by atoms with Gasteiger partial charge in [-0.25, -0.2) is 4.79 Å². The molecule has 1 heterocycles. The number of rotatable bonds is 5. The van der Waals surface area contributed by atoms with Crippen molar-refractivity contribution in [2.24, 2.45) is 0 Å². The minimum absolute atomic E-state index is 0.165. The molecule has 3 rings (SSSR count). The van der Waals surface area contributed by atoms with Gasteiger partial charge in [-0.05, 0) is 30.5 Å². The number of benzene rings is 2. The summed E-state index contributed by atoms with van der Waals surface area (Å²) in [5, 5.41) is 14.6. The number of carbonyl (C=O) groups excluding carboxylic acids is 1. The van der Waals surface area contributed by atoms with E-state index in [2.05, 4.69) is 5.32 Å². The second kappa shape index (κ2) is 7.60. The molecule has 2 aromatic carbocycles. The van der Waals surface area contributed by atoms with Crippen molar-refractivity contribution in [1.29, 1.82) is 0 Å². The average Bonchev–Trinajstić information content (AvgIpc) is 2.67. The van der Waals surface area contributed by atoms with Gasteiger partial charge < -0.3 is 15.2 Å². The van der Waals surface area contributed by atoms with Crippen molar-refractivity contribution in [3.05, 3.63) is 71.8 Å². The maximum absolute atomic E-state index is 12.8. The van der Waals surface area contributed by atoms with Crippen molar-refractivity contribution in [3.63, 3.8) is 0 Å². The minimum atomic E-state index is -1.79. The Morgan fingerprint density at radius 2 is 1.62 bits per heavy atom. The van der Waals surface area contributed by atoms with Crippen LogP contribution in [-0.2, 0) is 15.1 Å². The van der Waals surface area contributed by atoms with Crippen LogP contribution in [0.3, 0.4) is 0 Å². The number of nitrogens with one attached hydrogen (secondary N) is 1. The van der Waals surface area contributed by atoms with E-state index in [9.17, 15) is 9.90 Å². The molecule has 0 radical (unpaired) electrons. The Kier molecular flexibility index (Phi) is 5.28. The third kappa shape index (κ3) is 3.50. The topological polar surface area (TPSA) is 58.6 Å². The SMILES string of the molecule is O=C(OCC1CCCCN1)C(O)(c1ccccc1)c1ccccc1. The Labute approximate surface area is 142 Å². The zero-order valence-electron chi connectivity index (χ0n) is 13.7. The molecular weight excluding hydrogens is 302 g/mol. The standard InChI is InChI=1S/C20H23NO3/c22-19(24-15-18-13-7-8-14-21-18)20(23,16-9-3-1-4-10-16)17-11-5-2-6-12-17/h1-6,9-12,18,21,23H,7-8,13-15H2. The van der Waals surface area contributed by atoms with Crippen LogP contribution in [0.15, 0.2) is 60.7 Å². The van der Waals surface area contributed by atoms with Crippen molar-refractivity contribution < 1.29 is 14.6 Å². The molecule has 2 aromatic rings. The van der Waals surface area contributed by atoms with Crippen molar-refractivity contribution in [2.45, 2.75) is 30.9 Å². The van der Waals surface area contributed by atoms with Crippen LogP contribution in [-0.4, -0.2) is 30.3 Å². The van der Waals surface area contributed by atoms with Gasteiger partial charge in [0.1, 0.15) is 6.61 Å². The quantitative estimate of drug-likeness (QED) is 0.830. The lowest BCUT2D eigenvalue weighted by atomic mass is 9.86. The molecule has 0 spiro atoms. The first-order chi connectivity index (χ1) is 11.7. The summed E-state index contributed by atoms with van der Waals surface area (Å²) in [5.74, 6) is -0.632. The average molecular weight is 325 g/mol. The molecule has 1 fully saturated rings. The minimum Gasteiger partial charge on any atom is -0.461 e. The summed E-state index contributed by atoms with van der Waals surface area (Å²) in [6.07, 6.45) is 3.28. The third-order valence-corrected chi connectivity index (χ3v) is 4.51. The van der Waals surface area contributed by atoms with Gasteiger partial charge in [0.05, 0.1) is 0 Å². The monoisotopic (exact) mass is 325 g/mol. The molecule has 1 atom stereocenters. The highest BCUT2D eigenvalue weighted by Crippen LogP contribution is 2.31. The van der Waals surface area contributed by atoms with Gasteiger partial charge >= 0.3 is 5.97 Å². The van der Waals surface area contributed by atoms with Crippen LogP contribution < -0.4 is 5.32 Å². The summed E-state index contributed by atoms with van der Waals surface area (Å²) < 4.78 is 5.50. The van der Waals surface area contributed by atoms with Gasteiger partial charge in [0, 0.05) is 6.04 Å². The number of carbonyl (C=O) groups is 1. The fourth-order valence-electron chi connectivity index (χ4n) is 3.11. The highest BCUT2D eigenvalue weighted by Gasteiger charge is 2.41. The lowest BCUT2D eigenvalue weighted by molar-refractivity contribution is -0.163. The summed E-state index contributed by atoms with van der Waals surface area (Å²) in [4.78, 5) is 12.8. The van der Waals surface area contributed by atoms with Gasteiger partial charge in [-0.15, -0.1) is 0 Å². The number of esters is 1. The molecule has 1 saturated heterocycles. The van der Waals surface area contributed by atoms with E-state index in [1.807, 2.05) is 12.1 Å². The summed E-state index contributed by atoms with van der Waals surface area (Å²) in [6.45, 7) is 1.23. The molecule has 0 amide bonds. The van der Waals surface area contributed by atoms with Crippen LogP contribution in [0, 0.1) is 0 Å². The molecule has 0 saturated carbocycles. The summed E-state index contributed by atoms with van der Waals surface area (Å²) in [5.41, 5.74) is -0.771. The smallest absolute Gasteiger partial charge is 0.347 e. The Bertz CT molecular complexity index is 612. The molecule has 2 N–H and O–H groups in total. The maximum Gasteiger partial charge on any atom is 0.347 e. The van der Waals surface area contributed by atoms with E-state index in [0.717, 1.165) is 25.8 Å². The highest BCUT2D eigenvalue weighted by molar-refractivity contribution is 5.85. The Hall–Kier alpha value is -2.17. The molecule has 0 aromatic heterocycles. The van der Waals surface area contributed by atoms with Crippen molar-refractivity contribution >= 4 is 5.97 Å². The Morgan fingerprint density at radius 1 is 1.04 bits per heavy atom. The van der Waals surface area contributed by atoms with Gasteiger partial charge in [-0.3, -0.25) is 0 Å². The fourth-order valence-corrected chi connectivity index (χ4v) is 3.11. The van der Waals surface area contributed by atoms with E-state index < -0.39 is 11.6 Å². The van der Waals surface area contributed by atoms with Crippen molar-refractivity contribution in [1.82, 2.24) is 5.32 Å². The summed E-state index contributed by atoms with van der Waals surface area (Å²) in [6, 6.07) is 18.1. The van der Waals surface area contributed by atoms with E-state index in [4.69, 9.17) is 4.74 Å². The van der Waals surface area contributed by atoms with Crippen LogP contribution in [0.1, 0.15) is 30.4 Å². The lowest BCUT2D eigenvalue weighted by Gasteiger charge is -2.29. The second-order valence-corrected chi connectivity index (χ2v) is 6.19. The molecule has 0 bridgehead atoms. The first-order valence-corrected chi connectivity index (χ1v) is 8.45. The van der Waals surface area contributed by atoms with E-state index in [-0.39, 0.29) is 12.6 Å². The Balaban J connectivity index is 1.83. The van der Waals surface area contributed by atoms with E-state index in [1.165, 1.54) is 0 Å². The van der Waals surface area contributed by atoms with Crippen molar-refractivity contribution in [3.8, 4) is 0 Å². The second-order valence-electron chi connectivity index (χ2n) is 6.19. The predicted octanol–water partition coefficient (Wildman–Crippen LogP) is 2.61. The van der Waals surface area contributed by atoms with Gasteiger partial charge in [0.2, 0.25) is 5.60 Å². The molecule has 1 aliphatic rings. The molecule has 0 aliphatic carbocycles. The van der Waals surface area contributed by atoms with Gasteiger partial charge in [0.25, 0.3) is 0 Å². The Morgan fingerprint density at radius 3 is 2.12 bits per heavy atom. The van der Waals surface area contributed by atoms with Crippen LogP contribution in [0.4, 0.5) is 0 Å². The van der Waals surface area contributed by atoms with Crippen LogP contribution in [0.25, 0.3) is 0 Å². The first-order valence-electron chi connectivity index (χ1n) is 8.45. The van der Waals surface area contributed by atoms with E-state index in [0.29, 0.717) is 11.1 Å². The maximum atomic E-state index is 12.8. The third-order valence-electron chi connectivity index (χ3n) is 4.51. The number of hydrogen-bond acceptors (Lipinski definition) is 4. The number of piperidine rings is 1. The lowest BCUT2D eigenvalue weighted by Crippen LogP contribution is -2.43. The number of aliphatic hydroxyl groups is 1. The normalized spacial score (nSPS) is 18.1.